The molecule has 0 aliphatic carbocycles. The zero-order valence-electron chi connectivity index (χ0n) is 49.6. The van der Waals surface area contributed by atoms with Crippen molar-refractivity contribution < 1.29 is 43.2 Å². The summed E-state index contributed by atoms with van der Waals surface area (Å²) in [4.78, 5) is 0. The van der Waals surface area contributed by atoms with E-state index in [9.17, 15) is 20.4 Å². The Morgan fingerprint density at radius 2 is 0.817 bits per heavy atom. The summed E-state index contributed by atoms with van der Waals surface area (Å²) in [5.74, 6) is 17.7. The van der Waals surface area contributed by atoms with Crippen LogP contribution in [0.1, 0.15) is 145 Å². The van der Waals surface area contributed by atoms with Gasteiger partial charge in [0.2, 0.25) is 16.6 Å². The van der Waals surface area contributed by atoms with Crippen molar-refractivity contribution >= 4 is 41.1 Å². The first kappa shape index (κ1) is 66.1. The minimum Gasteiger partial charge on any atom is -0.416 e. The van der Waals surface area contributed by atoms with Crippen molar-refractivity contribution in [1.82, 2.24) is 0 Å². The zero-order valence-corrected chi connectivity index (χ0v) is 54.6. The van der Waals surface area contributed by atoms with Crippen molar-refractivity contribution in [3.8, 4) is 46.6 Å². The number of hydrogen-bond acceptors (Lipinski definition) is 9. The third kappa shape index (κ3) is 15.1. The van der Waals surface area contributed by atoms with Crippen LogP contribution in [0, 0.1) is 58.4 Å². The molecule has 0 amide bonds. The fourth-order valence-electron chi connectivity index (χ4n) is 12.6. The lowest BCUT2D eigenvalue weighted by Gasteiger charge is -2.49. The van der Waals surface area contributed by atoms with Gasteiger partial charge in [0, 0.05) is 6.61 Å². The Labute approximate surface area is 441 Å². The van der Waals surface area contributed by atoms with Crippen LogP contribution in [-0.2, 0) is 22.8 Å². The van der Waals surface area contributed by atoms with Gasteiger partial charge in [-0.3, -0.25) is 0 Å². The predicted molar refractivity (Wildman–Crippen MR) is 310 cm³/mol. The second-order valence-corrected chi connectivity index (χ2v) is 52.0. The van der Waals surface area contributed by atoms with E-state index in [0.717, 1.165) is 6.42 Å². The minimum atomic E-state index is -2.63. The summed E-state index contributed by atoms with van der Waals surface area (Å²) < 4.78 is 34.9. The van der Waals surface area contributed by atoms with Crippen LogP contribution in [0.2, 0.25) is 87.6 Å². The van der Waals surface area contributed by atoms with E-state index in [1.807, 2.05) is 0 Å². The topological polar surface area (TPSA) is 127 Å². The smallest absolute Gasteiger partial charge is 0.201 e. The highest BCUT2D eigenvalue weighted by molar-refractivity contribution is 6.87. The predicted octanol–water partition coefficient (Wildman–Crippen LogP) is 12.1. The first-order valence-electron chi connectivity index (χ1n) is 27.4. The maximum atomic E-state index is 12.6. The van der Waals surface area contributed by atoms with Crippen molar-refractivity contribution in [2.45, 2.75) is 281 Å². The summed E-state index contributed by atoms with van der Waals surface area (Å²) >= 11 is 0. The number of aliphatic hydroxyl groups is 4. The quantitative estimate of drug-likeness (QED) is 0.0696. The molecular formula is C57H106O9Si5. The summed E-state index contributed by atoms with van der Waals surface area (Å²) in [6.45, 7) is 56.1. The molecule has 4 N–H and O–H groups in total. The number of aliphatic hydroxyl groups excluding tert-OH is 4. The van der Waals surface area contributed by atoms with E-state index < -0.39 is 102 Å². The molecule has 0 aromatic carbocycles. The number of ether oxygens (including phenoxy) is 2. The average Bonchev–Trinajstić information content (AvgIpc) is 3.23. The van der Waals surface area contributed by atoms with Crippen molar-refractivity contribution in [3.63, 3.8) is 0 Å². The average molecular weight is 1080 g/mol. The fraction of sp³-hybridized carbons (Fsp3) is 0.860. The molecule has 71 heavy (non-hydrogen) atoms. The highest BCUT2D eigenvalue weighted by Crippen LogP contribution is 2.48. The van der Waals surface area contributed by atoms with Crippen LogP contribution in [0.3, 0.4) is 0 Å². The molecule has 2 aliphatic heterocycles. The van der Waals surface area contributed by atoms with Crippen LogP contribution in [0.4, 0.5) is 0 Å². The Morgan fingerprint density at radius 3 is 1.15 bits per heavy atom. The van der Waals surface area contributed by atoms with E-state index >= 15 is 0 Å². The van der Waals surface area contributed by atoms with Crippen molar-refractivity contribution in [2.24, 2.45) is 11.8 Å². The molecule has 0 aromatic heterocycles. The zero-order chi connectivity index (χ0) is 55.0. The minimum absolute atomic E-state index is 0.111. The highest BCUT2D eigenvalue weighted by Gasteiger charge is 2.55. The Kier molecular flexibility index (Phi) is 25.0. The molecule has 10 atom stereocenters. The monoisotopic (exact) mass is 1070 g/mol. The Balaban J connectivity index is 2.74. The van der Waals surface area contributed by atoms with Gasteiger partial charge in [-0.05, 0) is 73.2 Å². The largest absolute Gasteiger partial charge is 0.416 e. The molecular weight excluding hydrogens is 969 g/mol. The molecule has 0 radical (unpaired) electrons. The van der Waals surface area contributed by atoms with Crippen LogP contribution in [0.5, 0.6) is 0 Å². The summed E-state index contributed by atoms with van der Waals surface area (Å²) in [5.41, 5.74) is 10.1. The first-order chi connectivity index (χ1) is 32.5. The fourth-order valence-corrected chi connectivity index (χ4v) is 31.3. The SMILES string of the molecule is CC(C)[Si](OCCC(C)(C)[Si](C)(C)C#C[C@H]1[C@H](O)[C@@H](O[Si](C(C)C)(C(C)C)C(C)C)[C@H](C#CC#C[C@@H]2[C@@H](O)[C@H](O[Si](C(C)C)(C(C)C)C(C)C)[C@@H](C#C[Si](C)(C)C)O[C@H]2CO)O[C@@H]1CO)(C(C)C)C(C)C. The van der Waals surface area contributed by atoms with E-state index in [4.69, 9.17) is 22.8 Å². The highest BCUT2D eigenvalue weighted by atomic mass is 28.4. The van der Waals surface area contributed by atoms with E-state index in [2.05, 4.69) is 218 Å². The molecule has 0 spiro atoms. The van der Waals surface area contributed by atoms with Crippen molar-refractivity contribution in [3.05, 3.63) is 0 Å². The third-order valence-electron chi connectivity index (χ3n) is 17.0. The molecule has 0 unspecified atom stereocenters. The Hall–Kier alpha value is -1.04. The second-order valence-electron chi connectivity index (χ2n) is 26.1. The van der Waals surface area contributed by atoms with Gasteiger partial charge in [0.05, 0.1) is 49.5 Å². The van der Waals surface area contributed by atoms with Gasteiger partial charge in [0.15, 0.2) is 8.32 Å². The molecule has 0 aromatic rings. The number of rotatable bonds is 20. The van der Waals surface area contributed by atoms with Crippen molar-refractivity contribution in [2.75, 3.05) is 19.8 Å². The van der Waals surface area contributed by atoms with Crippen LogP contribution < -0.4 is 0 Å². The second kappa shape index (κ2) is 26.8. The molecule has 2 saturated heterocycles. The van der Waals surface area contributed by atoms with Gasteiger partial charge in [-0.15, -0.1) is 17.0 Å². The molecule has 0 saturated carbocycles. The summed E-state index contributed by atoms with van der Waals surface area (Å²) in [6, 6.07) is 0. The molecule has 2 heterocycles. The lowest BCUT2D eigenvalue weighted by molar-refractivity contribution is -0.173. The van der Waals surface area contributed by atoms with E-state index in [1.54, 1.807) is 0 Å². The summed E-state index contributed by atoms with van der Waals surface area (Å²) in [5, 5.41) is 46.5. The molecule has 0 bridgehead atoms. The lowest BCUT2D eigenvalue weighted by Crippen LogP contribution is -2.61. The lowest BCUT2D eigenvalue weighted by atomic mass is 9.87. The maximum absolute atomic E-state index is 12.6. The van der Waals surface area contributed by atoms with Crippen LogP contribution in [0.15, 0.2) is 0 Å². The molecule has 2 rings (SSSR count). The van der Waals surface area contributed by atoms with E-state index in [0.29, 0.717) is 23.2 Å². The maximum Gasteiger partial charge on any atom is 0.201 e. The van der Waals surface area contributed by atoms with E-state index in [-0.39, 0.29) is 51.5 Å². The normalized spacial score (nSPS) is 26.2. The molecule has 2 aliphatic rings. The molecule has 14 heteroatoms. The summed E-state index contributed by atoms with van der Waals surface area (Å²) in [7, 11) is -11.4. The van der Waals surface area contributed by atoms with Gasteiger partial charge in [-0.25, -0.2) is 0 Å². The van der Waals surface area contributed by atoms with Crippen LogP contribution in [-0.4, -0.2) is 130 Å². The molecule has 2 fully saturated rings. The van der Waals surface area contributed by atoms with Gasteiger partial charge < -0.3 is 43.2 Å². The van der Waals surface area contributed by atoms with E-state index in [1.165, 1.54) is 0 Å². The van der Waals surface area contributed by atoms with Gasteiger partial charge >= 0.3 is 0 Å². The van der Waals surface area contributed by atoms with Gasteiger partial charge in [-0.1, -0.05) is 189 Å². The van der Waals surface area contributed by atoms with Gasteiger partial charge in [0.1, 0.15) is 40.6 Å². The van der Waals surface area contributed by atoms with Gasteiger partial charge in [0.25, 0.3) is 0 Å². The first-order valence-corrected chi connectivity index (χ1v) is 40.4. The Morgan fingerprint density at radius 1 is 0.479 bits per heavy atom. The summed E-state index contributed by atoms with van der Waals surface area (Å²) in [6.07, 6.45) is -6.31. The van der Waals surface area contributed by atoms with Crippen LogP contribution in [0.25, 0.3) is 0 Å². The third-order valence-corrected chi connectivity index (χ3v) is 40.6. The van der Waals surface area contributed by atoms with Crippen molar-refractivity contribution in [1.29, 1.82) is 0 Å². The Bertz CT molecular complexity index is 1860. The standard InChI is InChI=1S/C57H106O9Si5/c1-38(2)69(39(3)4,40(5)6)62-33-32-57(19,20)68(24,25)35-30-48-52(37-59)63-49(55(54(48)61)65-70(41(7)8,42(9)10)43(11)12)29-27-26-28-47-51(36-58)64-50(31-34-67(21,22)23)56(53(47)60)66-71(44(13)14,45(15)16)46(17)18/h38-56,58-61H,32-33,36-37H2,1-25H3/t47-,48+,49-,50+,51-,52+,53+,54-,55-,56+/m0/s1. The number of hydrogen-bond donors (Lipinski definition) is 4. The van der Waals surface area contributed by atoms with Gasteiger partial charge in [-0.2, -0.15) is 0 Å². The molecule has 9 nitrogen and oxygen atoms in total. The molecule has 408 valence electrons. The van der Waals surface area contributed by atoms with Crippen LogP contribution >= 0.6 is 0 Å².